The van der Waals surface area contributed by atoms with E-state index >= 15 is 0 Å². The Morgan fingerprint density at radius 3 is 2.71 bits per heavy atom. The number of carbonyl (C=O) groups is 1. The highest BCUT2D eigenvalue weighted by Gasteiger charge is 2.22. The Bertz CT molecular complexity index is 724. The predicted molar refractivity (Wildman–Crippen MR) is 100 cm³/mol. The molecular formula is C19H24ClN3O. The van der Waals surface area contributed by atoms with Crippen LogP contribution in [0.1, 0.15) is 36.0 Å². The molecule has 0 radical (unpaired) electrons. The van der Waals surface area contributed by atoms with E-state index < -0.39 is 0 Å². The van der Waals surface area contributed by atoms with Crippen LogP contribution < -0.4 is 5.32 Å². The average Bonchev–Trinajstić information content (AvgIpc) is 2.56. The minimum atomic E-state index is 0.395. The van der Waals surface area contributed by atoms with E-state index in [4.69, 9.17) is 11.6 Å². The number of halogens is 1. The van der Waals surface area contributed by atoms with Gasteiger partial charge in [-0.25, -0.2) is 0 Å². The number of rotatable bonds is 5. The quantitative estimate of drug-likeness (QED) is 0.823. The first-order valence-electron chi connectivity index (χ1n) is 8.51. The van der Waals surface area contributed by atoms with Gasteiger partial charge in [0.05, 0.1) is 16.8 Å². The number of pyridine rings is 1. The minimum absolute atomic E-state index is 0.395. The molecule has 0 aliphatic heterocycles. The van der Waals surface area contributed by atoms with Crippen molar-refractivity contribution in [3.8, 4) is 0 Å². The second kappa shape index (κ2) is 7.49. The molecule has 1 aromatic heterocycles. The van der Waals surface area contributed by atoms with Crippen molar-refractivity contribution in [2.75, 3.05) is 26.0 Å². The van der Waals surface area contributed by atoms with Gasteiger partial charge < -0.3 is 10.2 Å². The summed E-state index contributed by atoms with van der Waals surface area (Å²) in [4.78, 5) is 18.1. The van der Waals surface area contributed by atoms with Crippen molar-refractivity contribution in [2.45, 2.75) is 31.7 Å². The molecule has 1 aliphatic carbocycles. The lowest BCUT2D eigenvalue weighted by Crippen LogP contribution is -2.31. The number of hydrogen-bond donors (Lipinski definition) is 1. The van der Waals surface area contributed by atoms with Crippen LogP contribution in [0.4, 0.5) is 5.69 Å². The largest absolute Gasteiger partial charge is 0.381 e. The van der Waals surface area contributed by atoms with Gasteiger partial charge in [0.2, 0.25) is 0 Å². The summed E-state index contributed by atoms with van der Waals surface area (Å²) < 4.78 is 0. The Morgan fingerprint density at radius 1 is 1.29 bits per heavy atom. The Hall–Kier alpha value is -1.65. The van der Waals surface area contributed by atoms with Crippen molar-refractivity contribution in [2.24, 2.45) is 5.92 Å². The zero-order chi connectivity index (χ0) is 17.1. The highest BCUT2D eigenvalue weighted by atomic mass is 35.5. The smallest absolute Gasteiger partial charge is 0.153 e. The fourth-order valence-electron chi connectivity index (χ4n) is 3.64. The van der Waals surface area contributed by atoms with Crippen LogP contribution in [-0.2, 0) is 0 Å². The molecule has 0 amide bonds. The van der Waals surface area contributed by atoms with E-state index in [1.165, 1.54) is 12.8 Å². The van der Waals surface area contributed by atoms with E-state index in [-0.39, 0.29) is 0 Å². The molecule has 0 unspecified atom stereocenters. The highest BCUT2D eigenvalue weighted by molar-refractivity contribution is 6.31. The molecule has 1 fully saturated rings. The summed E-state index contributed by atoms with van der Waals surface area (Å²) in [7, 11) is 4.26. The summed E-state index contributed by atoms with van der Waals surface area (Å²) in [5.74, 6) is 0.771. The Kier molecular flexibility index (Phi) is 5.36. The molecule has 0 atom stereocenters. The van der Waals surface area contributed by atoms with Crippen molar-refractivity contribution >= 4 is 34.5 Å². The van der Waals surface area contributed by atoms with Crippen LogP contribution in [0.25, 0.3) is 10.9 Å². The van der Waals surface area contributed by atoms with Gasteiger partial charge in [0.15, 0.2) is 6.29 Å². The lowest BCUT2D eigenvalue weighted by Gasteiger charge is -2.31. The number of fused-ring (bicyclic) bond motifs is 1. The van der Waals surface area contributed by atoms with Crippen LogP contribution in [0, 0.1) is 5.92 Å². The Balaban J connectivity index is 1.80. The van der Waals surface area contributed by atoms with Gasteiger partial charge >= 0.3 is 0 Å². The third-order valence-electron chi connectivity index (χ3n) is 4.80. The van der Waals surface area contributed by atoms with Gasteiger partial charge in [-0.3, -0.25) is 9.78 Å². The van der Waals surface area contributed by atoms with Gasteiger partial charge in [-0.05, 0) is 63.9 Å². The molecular weight excluding hydrogens is 322 g/mol. The summed E-state index contributed by atoms with van der Waals surface area (Å²) in [6, 6.07) is 6.00. The SMILES string of the molecule is CN(C)CC1CCC(Nc2c(C=O)cnc3ccc(Cl)cc23)CC1. The van der Waals surface area contributed by atoms with Gasteiger partial charge in [0, 0.05) is 29.2 Å². The molecule has 1 N–H and O–H groups in total. The first-order chi connectivity index (χ1) is 11.6. The van der Waals surface area contributed by atoms with E-state index in [1.807, 2.05) is 18.2 Å². The van der Waals surface area contributed by atoms with E-state index in [1.54, 1.807) is 6.20 Å². The molecule has 0 spiro atoms. The van der Waals surface area contributed by atoms with Gasteiger partial charge in [0.25, 0.3) is 0 Å². The molecule has 0 bridgehead atoms. The van der Waals surface area contributed by atoms with Crippen molar-refractivity contribution < 1.29 is 4.79 Å². The Morgan fingerprint density at radius 2 is 2.04 bits per heavy atom. The predicted octanol–water partition coefficient (Wildman–Crippen LogP) is 4.23. The lowest BCUT2D eigenvalue weighted by molar-refractivity contribution is 0.112. The van der Waals surface area contributed by atoms with Crippen LogP contribution >= 0.6 is 11.6 Å². The molecule has 3 rings (SSSR count). The van der Waals surface area contributed by atoms with Crippen molar-refractivity contribution in [3.63, 3.8) is 0 Å². The normalized spacial score (nSPS) is 21.2. The molecule has 2 aromatic rings. The third-order valence-corrected chi connectivity index (χ3v) is 5.04. The van der Waals surface area contributed by atoms with E-state index in [2.05, 4.69) is 29.3 Å². The van der Waals surface area contributed by atoms with Gasteiger partial charge in [-0.15, -0.1) is 0 Å². The van der Waals surface area contributed by atoms with Crippen LogP contribution in [0.15, 0.2) is 24.4 Å². The number of nitrogens with zero attached hydrogens (tertiary/aromatic N) is 2. The second-order valence-electron chi connectivity index (χ2n) is 6.99. The topological polar surface area (TPSA) is 45.2 Å². The summed E-state index contributed by atoms with van der Waals surface area (Å²) in [5.41, 5.74) is 2.32. The highest BCUT2D eigenvalue weighted by Crippen LogP contribution is 2.32. The molecule has 24 heavy (non-hydrogen) atoms. The van der Waals surface area contributed by atoms with Crippen LogP contribution in [0.3, 0.4) is 0 Å². The van der Waals surface area contributed by atoms with Gasteiger partial charge in [-0.1, -0.05) is 11.6 Å². The van der Waals surface area contributed by atoms with E-state index in [9.17, 15) is 4.79 Å². The fraction of sp³-hybridized carbons (Fsp3) is 0.474. The molecule has 1 heterocycles. The number of benzene rings is 1. The maximum Gasteiger partial charge on any atom is 0.153 e. The molecule has 5 heteroatoms. The zero-order valence-corrected chi connectivity index (χ0v) is 15.0. The summed E-state index contributed by atoms with van der Waals surface area (Å²) in [6.07, 6.45) is 7.20. The van der Waals surface area contributed by atoms with Crippen LogP contribution in [0.5, 0.6) is 0 Å². The number of carbonyl (C=O) groups excluding carboxylic acids is 1. The summed E-state index contributed by atoms with van der Waals surface area (Å²) in [6.45, 7) is 1.15. The number of aromatic nitrogens is 1. The van der Waals surface area contributed by atoms with Crippen molar-refractivity contribution in [1.82, 2.24) is 9.88 Å². The number of nitrogens with one attached hydrogen (secondary N) is 1. The number of hydrogen-bond acceptors (Lipinski definition) is 4. The number of aldehydes is 1. The van der Waals surface area contributed by atoms with Gasteiger partial charge in [0.1, 0.15) is 0 Å². The average molecular weight is 346 g/mol. The van der Waals surface area contributed by atoms with Crippen LogP contribution in [0.2, 0.25) is 5.02 Å². The van der Waals surface area contributed by atoms with E-state index in [0.29, 0.717) is 16.6 Å². The van der Waals surface area contributed by atoms with E-state index in [0.717, 1.165) is 48.2 Å². The second-order valence-corrected chi connectivity index (χ2v) is 7.43. The standard InChI is InChI=1S/C19H24ClN3O/c1-23(2)11-13-3-6-16(7-4-13)22-19-14(12-24)10-21-18-8-5-15(20)9-17(18)19/h5,8-10,12-13,16H,3-4,6-7,11H2,1-2H3,(H,21,22). The van der Waals surface area contributed by atoms with Crippen molar-refractivity contribution in [3.05, 3.63) is 35.0 Å². The Labute approximate surface area is 148 Å². The van der Waals surface area contributed by atoms with Crippen molar-refractivity contribution in [1.29, 1.82) is 0 Å². The lowest BCUT2D eigenvalue weighted by atomic mass is 9.85. The molecule has 4 nitrogen and oxygen atoms in total. The molecule has 0 saturated heterocycles. The molecule has 1 saturated carbocycles. The maximum absolute atomic E-state index is 11.5. The molecule has 1 aliphatic rings. The minimum Gasteiger partial charge on any atom is -0.381 e. The van der Waals surface area contributed by atoms with Crippen LogP contribution in [-0.4, -0.2) is 42.9 Å². The third kappa shape index (κ3) is 3.87. The summed E-state index contributed by atoms with van der Waals surface area (Å²) >= 11 is 6.15. The summed E-state index contributed by atoms with van der Waals surface area (Å²) in [5, 5.41) is 5.18. The molecule has 1 aromatic carbocycles. The first-order valence-corrected chi connectivity index (χ1v) is 8.89. The van der Waals surface area contributed by atoms with Gasteiger partial charge in [-0.2, -0.15) is 0 Å². The maximum atomic E-state index is 11.5. The molecule has 128 valence electrons. The monoisotopic (exact) mass is 345 g/mol. The fourth-order valence-corrected chi connectivity index (χ4v) is 3.81. The zero-order valence-electron chi connectivity index (χ0n) is 14.3. The number of anilines is 1. The first kappa shape index (κ1) is 17.2.